The van der Waals surface area contributed by atoms with Crippen molar-refractivity contribution in [3.05, 3.63) is 29.8 Å². The summed E-state index contributed by atoms with van der Waals surface area (Å²) in [5, 5.41) is 0. The summed E-state index contributed by atoms with van der Waals surface area (Å²) in [6.07, 6.45) is 0. The van der Waals surface area contributed by atoms with Gasteiger partial charge in [0.15, 0.2) is 0 Å². The number of hydrogen-bond donors (Lipinski definition) is 0. The Bertz CT molecular complexity index is 380. The SMILES string of the molecule is COC(=O)C(Br)CN(C)Cc1ccc(OC)cc1. The van der Waals surface area contributed by atoms with Crippen LogP contribution in [0, 0.1) is 0 Å². The largest absolute Gasteiger partial charge is 0.497 e. The number of alkyl halides is 1. The van der Waals surface area contributed by atoms with Crippen molar-refractivity contribution >= 4 is 21.9 Å². The number of carbonyl (C=O) groups excluding carboxylic acids is 1. The first kappa shape index (κ1) is 15.0. The highest BCUT2D eigenvalue weighted by molar-refractivity contribution is 9.10. The van der Waals surface area contributed by atoms with Crippen LogP contribution in [0.4, 0.5) is 0 Å². The molecule has 1 aromatic rings. The van der Waals surface area contributed by atoms with E-state index in [0.717, 1.165) is 12.3 Å². The van der Waals surface area contributed by atoms with Gasteiger partial charge in [0.2, 0.25) is 0 Å². The zero-order chi connectivity index (χ0) is 13.5. The average molecular weight is 316 g/mol. The lowest BCUT2D eigenvalue weighted by molar-refractivity contribution is -0.140. The molecule has 1 aromatic carbocycles. The Labute approximate surface area is 116 Å². The zero-order valence-electron chi connectivity index (χ0n) is 10.9. The van der Waals surface area contributed by atoms with Crippen molar-refractivity contribution in [2.75, 3.05) is 27.8 Å². The normalized spacial score (nSPS) is 12.3. The Morgan fingerprint density at radius 2 is 1.94 bits per heavy atom. The smallest absolute Gasteiger partial charge is 0.320 e. The number of halogens is 1. The number of carbonyl (C=O) groups is 1. The highest BCUT2D eigenvalue weighted by Gasteiger charge is 2.17. The van der Waals surface area contributed by atoms with Crippen LogP contribution < -0.4 is 4.74 Å². The fourth-order valence-electron chi connectivity index (χ4n) is 1.58. The van der Waals surface area contributed by atoms with E-state index in [9.17, 15) is 4.79 Å². The van der Waals surface area contributed by atoms with Gasteiger partial charge in [-0.05, 0) is 24.7 Å². The van der Waals surface area contributed by atoms with Crippen LogP contribution >= 0.6 is 15.9 Å². The maximum absolute atomic E-state index is 11.3. The van der Waals surface area contributed by atoms with E-state index >= 15 is 0 Å². The zero-order valence-corrected chi connectivity index (χ0v) is 12.4. The van der Waals surface area contributed by atoms with Gasteiger partial charge in [0.25, 0.3) is 0 Å². The van der Waals surface area contributed by atoms with Gasteiger partial charge in [0, 0.05) is 13.1 Å². The second-order valence-corrected chi connectivity index (χ2v) is 5.14. The van der Waals surface area contributed by atoms with E-state index in [-0.39, 0.29) is 10.8 Å². The summed E-state index contributed by atoms with van der Waals surface area (Å²) in [6.45, 7) is 1.36. The molecule has 0 spiro atoms. The molecule has 0 N–H and O–H groups in total. The Morgan fingerprint density at radius 1 is 1.33 bits per heavy atom. The van der Waals surface area contributed by atoms with Crippen molar-refractivity contribution in [1.82, 2.24) is 4.90 Å². The Hall–Kier alpha value is -1.07. The van der Waals surface area contributed by atoms with Crippen LogP contribution in [0.5, 0.6) is 5.75 Å². The maximum atomic E-state index is 11.3. The molecule has 0 amide bonds. The highest BCUT2D eigenvalue weighted by atomic mass is 79.9. The predicted octanol–water partition coefficient (Wildman–Crippen LogP) is 2.06. The molecule has 0 fully saturated rings. The minimum atomic E-state index is -0.300. The van der Waals surface area contributed by atoms with Gasteiger partial charge in [0.1, 0.15) is 10.6 Å². The van der Waals surface area contributed by atoms with Crippen molar-refractivity contribution in [1.29, 1.82) is 0 Å². The lowest BCUT2D eigenvalue weighted by Crippen LogP contribution is -2.31. The number of esters is 1. The Balaban J connectivity index is 2.48. The molecule has 0 radical (unpaired) electrons. The highest BCUT2D eigenvalue weighted by Crippen LogP contribution is 2.13. The molecule has 0 heterocycles. The molecule has 4 nitrogen and oxygen atoms in total. The molecule has 0 saturated carbocycles. The molecule has 18 heavy (non-hydrogen) atoms. The van der Waals surface area contributed by atoms with E-state index in [4.69, 9.17) is 4.74 Å². The van der Waals surface area contributed by atoms with Crippen LogP contribution in [0.3, 0.4) is 0 Å². The van der Waals surface area contributed by atoms with E-state index in [0.29, 0.717) is 6.54 Å². The van der Waals surface area contributed by atoms with Gasteiger partial charge in [-0.1, -0.05) is 28.1 Å². The number of rotatable bonds is 6. The molecule has 0 saturated heterocycles. The first-order chi connectivity index (χ1) is 8.56. The summed E-state index contributed by atoms with van der Waals surface area (Å²) in [5.74, 6) is 0.589. The van der Waals surface area contributed by atoms with Crippen molar-refractivity contribution < 1.29 is 14.3 Å². The second-order valence-electron chi connectivity index (χ2n) is 4.04. The van der Waals surface area contributed by atoms with Gasteiger partial charge in [-0.2, -0.15) is 0 Å². The lowest BCUT2D eigenvalue weighted by Gasteiger charge is -2.19. The van der Waals surface area contributed by atoms with Crippen LogP contribution in [0.2, 0.25) is 0 Å². The molecule has 0 aromatic heterocycles. The Morgan fingerprint density at radius 3 is 2.44 bits per heavy atom. The lowest BCUT2D eigenvalue weighted by atomic mass is 10.2. The van der Waals surface area contributed by atoms with Crippen LogP contribution in [0.15, 0.2) is 24.3 Å². The molecular formula is C13H18BrNO3. The molecule has 1 rings (SSSR count). The molecule has 0 aliphatic heterocycles. The van der Waals surface area contributed by atoms with Crippen molar-refractivity contribution in [2.24, 2.45) is 0 Å². The van der Waals surface area contributed by atoms with Crippen LogP contribution in [-0.2, 0) is 16.1 Å². The third-order valence-electron chi connectivity index (χ3n) is 2.54. The molecule has 1 unspecified atom stereocenters. The molecule has 1 atom stereocenters. The van der Waals surface area contributed by atoms with E-state index < -0.39 is 0 Å². The number of methoxy groups -OCH3 is 2. The minimum Gasteiger partial charge on any atom is -0.497 e. The van der Waals surface area contributed by atoms with E-state index in [1.807, 2.05) is 31.3 Å². The third kappa shape index (κ3) is 4.66. The fraction of sp³-hybridized carbons (Fsp3) is 0.462. The van der Waals surface area contributed by atoms with E-state index in [1.54, 1.807) is 7.11 Å². The molecule has 100 valence electrons. The Kier molecular flexibility index (Phi) is 6.15. The first-order valence-corrected chi connectivity index (χ1v) is 6.51. The van der Waals surface area contributed by atoms with Gasteiger partial charge < -0.3 is 14.4 Å². The topological polar surface area (TPSA) is 38.8 Å². The fourth-order valence-corrected chi connectivity index (χ4v) is 2.26. The number of hydrogen-bond acceptors (Lipinski definition) is 4. The van der Waals surface area contributed by atoms with E-state index in [1.165, 1.54) is 12.7 Å². The average Bonchev–Trinajstić information content (AvgIpc) is 2.38. The van der Waals surface area contributed by atoms with Gasteiger partial charge in [-0.3, -0.25) is 4.79 Å². The number of benzene rings is 1. The van der Waals surface area contributed by atoms with E-state index in [2.05, 4.69) is 25.6 Å². The summed E-state index contributed by atoms with van der Waals surface area (Å²) in [6, 6.07) is 7.87. The van der Waals surface area contributed by atoms with Gasteiger partial charge >= 0.3 is 5.97 Å². The van der Waals surface area contributed by atoms with Gasteiger partial charge in [-0.15, -0.1) is 0 Å². The van der Waals surface area contributed by atoms with Gasteiger partial charge in [0.05, 0.1) is 14.2 Å². The standard InChI is InChI=1S/C13H18BrNO3/c1-15(9-12(14)13(16)18-3)8-10-4-6-11(17-2)7-5-10/h4-7,12H,8-9H2,1-3H3. The number of ether oxygens (including phenoxy) is 2. The second kappa shape index (κ2) is 7.38. The molecule has 0 bridgehead atoms. The summed E-state index contributed by atoms with van der Waals surface area (Å²) in [7, 11) is 4.99. The van der Waals surface area contributed by atoms with Crippen molar-refractivity contribution in [3.8, 4) is 5.75 Å². The summed E-state index contributed by atoms with van der Waals surface area (Å²) in [4.78, 5) is 13.0. The summed E-state index contributed by atoms with van der Waals surface area (Å²) >= 11 is 3.30. The monoisotopic (exact) mass is 315 g/mol. The quantitative estimate of drug-likeness (QED) is 0.595. The molecule has 0 aliphatic rings. The summed E-state index contributed by atoms with van der Waals surface area (Å²) in [5.41, 5.74) is 1.17. The molecule has 0 aliphatic carbocycles. The minimum absolute atomic E-state index is 0.253. The summed E-state index contributed by atoms with van der Waals surface area (Å²) < 4.78 is 9.77. The number of nitrogens with zero attached hydrogens (tertiary/aromatic N) is 1. The third-order valence-corrected chi connectivity index (χ3v) is 3.20. The van der Waals surface area contributed by atoms with Crippen LogP contribution in [-0.4, -0.2) is 43.5 Å². The molecule has 5 heteroatoms. The maximum Gasteiger partial charge on any atom is 0.320 e. The van der Waals surface area contributed by atoms with Crippen LogP contribution in [0.25, 0.3) is 0 Å². The van der Waals surface area contributed by atoms with Crippen LogP contribution in [0.1, 0.15) is 5.56 Å². The van der Waals surface area contributed by atoms with Crippen molar-refractivity contribution in [2.45, 2.75) is 11.4 Å². The van der Waals surface area contributed by atoms with Crippen molar-refractivity contribution in [3.63, 3.8) is 0 Å². The molecular weight excluding hydrogens is 298 g/mol. The first-order valence-electron chi connectivity index (χ1n) is 5.60. The predicted molar refractivity (Wildman–Crippen MR) is 74.1 cm³/mol. The van der Waals surface area contributed by atoms with Gasteiger partial charge in [-0.25, -0.2) is 0 Å².